The molecule has 0 aromatic carbocycles. The van der Waals surface area contributed by atoms with E-state index in [9.17, 15) is 0 Å². The normalized spacial score (nSPS) is 22.8. The van der Waals surface area contributed by atoms with Gasteiger partial charge in [-0.3, -0.25) is 0 Å². The van der Waals surface area contributed by atoms with Crippen LogP contribution in [0.15, 0.2) is 6.20 Å². The Labute approximate surface area is 78.3 Å². The predicted octanol–water partition coefficient (Wildman–Crippen LogP) is 1.28. The fraction of sp³-hybridized carbons (Fsp3) is 0.778. The van der Waals surface area contributed by atoms with Crippen LogP contribution < -0.4 is 5.32 Å². The molecule has 0 spiro atoms. The van der Waals surface area contributed by atoms with Crippen LogP contribution in [0.5, 0.6) is 0 Å². The fourth-order valence-corrected chi connectivity index (χ4v) is 1.64. The summed E-state index contributed by atoms with van der Waals surface area (Å²) in [6, 6.07) is 0.843. The molecule has 1 aliphatic heterocycles. The van der Waals surface area contributed by atoms with Crippen LogP contribution >= 0.6 is 0 Å². The summed E-state index contributed by atoms with van der Waals surface area (Å²) in [4.78, 5) is 0. The standard InChI is InChI=1S/C9H16N4/c1-7(2)13-6-9(11-12-13)8-4-3-5-10-8/h6-8,10H,3-5H2,1-2H3/t8-/m1/s1. The van der Waals surface area contributed by atoms with E-state index >= 15 is 0 Å². The molecule has 72 valence electrons. The van der Waals surface area contributed by atoms with Gasteiger partial charge in [0.05, 0.1) is 17.9 Å². The van der Waals surface area contributed by atoms with E-state index in [1.165, 1.54) is 12.8 Å². The maximum absolute atomic E-state index is 4.17. The molecule has 2 heterocycles. The number of hydrogen-bond acceptors (Lipinski definition) is 3. The molecule has 0 bridgehead atoms. The molecule has 13 heavy (non-hydrogen) atoms. The van der Waals surface area contributed by atoms with Gasteiger partial charge in [-0.05, 0) is 33.2 Å². The van der Waals surface area contributed by atoms with Crippen molar-refractivity contribution < 1.29 is 0 Å². The molecule has 1 aromatic heterocycles. The van der Waals surface area contributed by atoms with Crippen LogP contribution in [0.25, 0.3) is 0 Å². The summed E-state index contributed by atoms with van der Waals surface area (Å²) in [7, 11) is 0. The first-order chi connectivity index (χ1) is 6.27. The summed E-state index contributed by atoms with van der Waals surface area (Å²) >= 11 is 0. The van der Waals surface area contributed by atoms with E-state index in [0.717, 1.165) is 12.2 Å². The number of rotatable bonds is 2. The zero-order valence-electron chi connectivity index (χ0n) is 8.20. The molecule has 0 radical (unpaired) electrons. The SMILES string of the molecule is CC(C)n1cc([C@H]2CCCN2)nn1. The molecule has 4 heteroatoms. The first-order valence-electron chi connectivity index (χ1n) is 4.92. The van der Waals surface area contributed by atoms with Gasteiger partial charge in [-0.1, -0.05) is 5.21 Å². The first kappa shape index (κ1) is 8.69. The quantitative estimate of drug-likeness (QED) is 0.745. The van der Waals surface area contributed by atoms with Crippen LogP contribution in [-0.2, 0) is 0 Å². The highest BCUT2D eigenvalue weighted by molar-refractivity contribution is 5.02. The number of aromatic nitrogens is 3. The Morgan fingerprint density at radius 3 is 3.00 bits per heavy atom. The second-order valence-electron chi connectivity index (χ2n) is 3.87. The maximum Gasteiger partial charge on any atom is 0.0996 e. The van der Waals surface area contributed by atoms with Crippen LogP contribution in [-0.4, -0.2) is 21.5 Å². The Morgan fingerprint density at radius 2 is 2.46 bits per heavy atom. The third-order valence-corrected chi connectivity index (χ3v) is 2.47. The lowest BCUT2D eigenvalue weighted by atomic mass is 10.2. The lowest BCUT2D eigenvalue weighted by Gasteiger charge is -2.04. The fourth-order valence-electron chi connectivity index (χ4n) is 1.64. The van der Waals surface area contributed by atoms with E-state index in [1.807, 2.05) is 10.9 Å². The molecule has 2 rings (SSSR count). The number of hydrogen-bond donors (Lipinski definition) is 1. The van der Waals surface area contributed by atoms with Gasteiger partial charge in [-0.2, -0.15) is 0 Å². The third kappa shape index (κ3) is 1.72. The van der Waals surface area contributed by atoms with Crippen molar-refractivity contribution in [3.63, 3.8) is 0 Å². The molecular weight excluding hydrogens is 164 g/mol. The summed E-state index contributed by atoms with van der Waals surface area (Å²) in [6.07, 6.45) is 4.49. The summed E-state index contributed by atoms with van der Waals surface area (Å²) in [5.41, 5.74) is 1.09. The van der Waals surface area contributed by atoms with Gasteiger partial charge >= 0.3 is 0 Å². The van der Waals surface area contributed by atoms with Gasteiger partial charge in [0, 0.05) is 6.04 Å². The van der Waals surface area contributed by atoms with Crippen molar-refractivity contribution in [2.45, 2.75) is 38.8 Å². The smallest absolute Gasteiger partial charge is 0.0996 e. The summed E-state index contributed by atoms with van der Waals surface area (Å²) in [5.74, 6) is 0. The maximum atomic E-state index is 4.17. The van der Waals surface area contributed by atoms with Crippen molar-refractivity contribution in [2.75, 3.05) is 6.54 Å². The highest BCUT2D eigenvalue weighted by Gasteiger charge is 2.19. The molecule has 0 saturated carbocycles. The van der Waals surface area contributed by atoms with Crippen molar-refractivity contribution in [3.8, 4) is 0 Å². The van der Waals surface area contributed by atoms with Crippen molar-refractivity contribution in [3.05, 3.63) is 11.9 Å². The van der Waals surface area contributed by atoms with Gasteiger partial charge in [0.25, 0.3) is 0 Å². The van der Waals surface area contributed by atoms with Crippen molar-refractivity contribution in [1.82, 2.24) is 20.3 Å². The van der Waals surface area contributed by atoms with E-state index in [0.29, 0.717) is 12.1 Å². The number of nitrogens with one attached hydrogen (secondary N) is 1. The van der Waals surface area contributed by atoms with Gasteiger partial charge < -0.3 is 5.32 Å². The molecule has 1 atom stereocenters. The minimum absolute atomic E-state index is 0.405. The molecule has 1 N–H and O–H groups in total. The minimum Gasteiger partial charge on any atom is -0.309 e. The molecule has 0 amide bonds. The van der Waals surface area contributed by atoms with Gasteiger partial charge in [0.1, 0.15) is 0 Å². The summed E-state index contributed by atoms with van der Waals surface area (Å²) in [5, 5.41) is 11.7. The lowest BCUT2D eigenvalue weighted by Crippen LogP contribution is -2.13. The van der Waals surface area contributed by atoms with Crippen molar-refractivity contribution in [1.29, 1.82) is 0 Å². The van der Waals surface area contributed by atoms with E-state index in [1.54, 1.807) is 0 Å². The third-order valence-electron chi connectivity index (χ3n) is 2.47. The molecule has 0 unspecified atom stereocenters. The van der Waals surface area contributed by atoms with Crippen LogP contribution in [0.2, 0.25) is 0 Å². The zero-order valence-corrected chi connectivity index (χ0v) is 8.20. The average Bonchev–Trinajstić information content (AvgIpc) is 2.75. The van der Waals surface area contributed by atoms with E-state index in [-0.39, 0.29) is 0 Å². The monoisotopic (exact) mass is 180 g/mol. The Balaban J connectivity index is 2.12. The minimum atomic E-state index is 0.405. The zero-order chi connectivity index (χ0) is 9.26. The first-order valence-corrected chi connectivity index (χ1v) is 4.92. The van der Waals surface area contributed by atoms with Crippen LogP contribution in [0.1, 0.15) is 44.5 Å². The molecular formula is C9H16N4. The van der Waals surface area contributed by atoms with E-state index < -0.39 is 0 Å². The highest BCUT2D eigenvalue weighted by Crippen LogP contribution is 2.20. The largest absolute Gasteiger partial charge is 0.309 e. The second-order valence-corrected chi connectivity index (χ2v) is 3.87. The van der Waals surface area contributed by atoms with Crippen LogP contribution in [0.4, 0.5) is 0 Å². The lowest BCUT2D eigenvalue weighted by molar-refractivity contribution is 0.514. The van der Waals surface area contributed by atoms with E-state index in [4.69, 9.17) is 0 Å². The molecule has 1 aliphatic rings. The Bertz CT molecular complexity index is 273. The topological polar surface area (TPSA) is 42.7 Å². The second kappa shape index (κ2) is 3.46. The van der Waals surface area contributed by atoms with Crippen molar-refractivity contribution >= 4 is 0 Å². The van der Waals surface area contributed by atoms with Crippen LogP contribution in [0.3, 0.4) is 0 Å². The van der Waals surface area contributed by atoms with Crippen molar-refractivity contribution in [2.24, 2.45) is 0 Å². The van der Waals surface area contributed by atoms with Gasteiger partial charge in [0.2, 0.25) is 0 Å². The summed E-state index contributed by atoms with van der Waals surface area (Å²) < 4.78 is 1.91. The van der Waals surface area contributed by atoms with E-state index in [2.05, 4.69) is 29.5 Å². The molecule has 1 aromatic rings. The van der Waals surface area contributed by atoms with Gasteiger partial charge in [0.15, 0.2) is 0 Å². The average molecular weight is 180 g/mol. The van der Waals surface area contributed by atoms with Gasteiger partial charge in [-0.15, -0.1) is 5.10 Å². The summed E-state index contributed by atoms with van der Waals surface area (Å²) in [6.45, 7) is 5.33. The number of nitrogens with zero attached hydrogens (tertiary/aromatic N) is 3. The Morgan fingerprint density at radius 1 is 1.62 bits per heavy atom. The molecule has 1 fully saturated rings. The van der Waals surface area contributed by atoms with Gasteiger partial charge in [-0.25, -0.2) is 4.68 Å². The highest BCUT2D eigenvalue weighted by atomic mass is 15.4. The predicted molar refractivity (Wildman–Crippen MR) is 50.4 cm³/mol. The Hall–Kier alpha value is -0.900. The molecule has 0 aliphatic carbocycles. The molecule has 4 nitrogen and oxygen atoms in total. The van der Waals surface area contributed by atoms with Crippen LogP contribution in [0, 0.1) is 0 Å². The Kier molecular flexibility index (Phi) is 2.31. The molecule has 1 saturated heterocycles.